The first-order valence-corrected chi connectivity index (χ1v) is 7.94. The van der Waals surface area contributed by atoms with Crippen LogP contribution in [0.2, 0.25) is 10.0 Å². The zero-order valence-corrected chi connectivity index (χ0v) is 14.7. The molecule has 0 unspecified atom stereocenters. The molecular weight excluding hydrogens is 378 g/mol. The fourth-order valence-corrected chi connectivity index (χ4v) is 2.57. The quantitative estimate of drug-likeness (QED) is 0.459. The van der Waals surface area contributed by atoms with Gasteiger partial charge in [-0.25, -0.2) is 4.39 Å². The zero-order valence-electron chi connectivity index (χ0n) is 13.2. The number of amides is 1. The number of terminal acetylenes is 1. The lowest BCUT2D eigenvalue weighted by molar-refractivity contribution is -0.112. The highest BCUT2D eigenvalue weighted by atomic mass is 35.5. The van der Waals surface area contributed by atoms with Crippen LogP contribution in [0, 0.1) is 29.5 Å². The lowest BCUT2D eigenvalue weighted by Crippen LogP contribution is -2.13. The number of nitrogens with zero attached hydrogens (tertiary/aromatic N) is 1. The normalized spacial score (nSPS) is 10.6. The summed E-state index contributed by atoms with van der Waals surface area (Å²) in [6, 6.07) is 9.93. The molecule has 2 aromatic carbocycles. The van der Waals surface area contributed by atoms with Crippen LogP contribution in [0.25, 0.3) is 6.08 Å². The standard InChI is InChI=1S/C19H11Cl2FN2O2/c1-2-7-26-18-16(20)9-12(10-17(18)21)8-13(11-23)19(25)24-15-5-3-14(22)4-6-15/h1,3-6,8-10H,7H2,(H,24,25)/b13-8+. The smallest absolute Gasteiger partial charge is 0.266 e. The number of rotatable bonds is 5. The van der Waals surface area contributed by atoms with Crippen LogP contribution in [-0.2, 0) is 4.79 Å². The minimum atomic E-state index is -0.654. The summed E-state index contributed by atoms with van der Waals surface area (Å²) in [4.78, 5) is 12.2. The molecule has 0 aromatic heterocycles. The number of hydrogen-bond acceptors (Lipinski definition) is 3. The molecule has 1 amide bonds. The molecular formula is C19H11Cl2FN2O2. The number of halogens is 3. The molecule has 0 heterocycles. The molecule has 0 fully saturated rings. The van der Waals surface area contributed by atoms with Gasteiger partial charge in [-0.3, -0.25) is 4.79 Å². The summed E-state index contributed by atoms with van der Waals surface area (Å²) in [6.07, 6.45) is 6.44. The number of benzene rings is 2. The third-order valence-corrected chi connectivity index (χ3v) is 3.66. The molecule has 1 N–H and O–H groups in total. The van der Waals surface area contributed by atoms with Crippen molar-refractivity contribution >= 4 is 40.9 Å². The Morgan fingerprint density at radius 1 is 1.27 bits per heavy atom. The third kappa shape index (κ3) is 5.00. The van der Waals surface area contributed by atoms with Gasteiger partial charge in [-0.2, -0.15) is 5.26 Å². The van der Waals surface area contributed by atoms with Crippen molar-refractivity contribution in [2.24, 2.45) is 0 Å². The predicted molar refractivity (Wildman–Crippen MR) is 99.4 cm³/mol. The van der Waals surface area contributed by atoms with E-state index in [0.29, 0.717) is 11.3 Å². The van der Waals surface area contributed by atoms with E-state index >= 15 is 0 Å². The number of nitriles is 1. The molecule has 0 bridgehead atoms. The van der Waals surface area contributed by atoms with E-state index in [2.05, 4.69) is 11.2 Å². The number of carbonyl (C=O) groups excluding carboxylic acids is 1. The van der Waals surface area contributed by atoms with E-state index in [1.807, 2.05) is 0 Å². The van der Waals surface area contributed by atoms with Gasteiger partial charge < -0.3 is 10.1 Å². The second-order valence-corrected chi connectivity index (χ2v) is 5.75. The van der Waals surface area contributed by atoms with Crippen molar-refractivity contribution in [3.63, 3.8) is 0 Å². The van der Waals surface area contributed by atoms with Crippen molar-refractivity contribution in [3.05, 3.63) is 63.4 Å². The van der Waals surface area contributed by atoms with Gasteiger partial charge in [0.2, 0.25) is 0 Å². The van der Waals surface area contributed by atoms with Gasteiger partial charge in [0.1, 0.15) is 24.1 Å². The molecule has 7 heteroatoms. The number of nitrogens with one attached hydrogen (secondary N) is 1. The minimum Gasteiger partial charge on any atom is -0.478 e. The molecule has 0 spiro atoms. The van der Waals surface area contributed by atoms with Gasteiger partial charge in [0.25, 0.3) is 5.91 Å². The fraction of sp³-hybridized carbons (Fsp3) is 0.0526. The molecule has 26 heavy (non-hydrogen) atoms. The molecule has 4 nitrogen and oxygen atoms in total. The van der Waals surface area contributed by atoms with Gasteiger partial charge in [-0.05, 0) is 48.0 Å². The highest BCUT2D eigenvalue weighted by Crippen LogP contribution is 2.34. The number of ether oxygens (including phenoxy) is 1. The Labute approximate surface area is 159 Å². The Morgan fingerprint density at radius 2 is 1.88 bits per heavy atom. The van der Waals surface area contributed by atoms with Crippen molar-refractivity contribution in [1.29, 1.82) is 5.26 Å². The van der Waals surface area contributed by atoms with Gasteiger partial charge in [0, 0.05) is 5.69 Å². The van der Waals surface area contributed by atoms with E-state index in [-0.39, 0.29) is 28.0 Å². The Morgan fingerprint density at radius 3 is 2.42 bits per heavy atom. The first-order valence-electron chi connectivity index (χ1n) is 7.18. The van der Waals surface area contributed by atoms with Crippen molar-refractivity contribution in [3.8, 4) is 24.2 Å². The summed E-state index contributed by atoms with van der Waals surface area (Å²) in [6.45, 7) is -0.00184. The van der Waals surface area contributed by atoms with Crippen molar-refractivity contribution in [1.82, 2.24) is 0 Å². The summed E-state index contributed by atoms with van der Waals surface area (Å²) in [5, 5.41) is 12.1. The minimum absolute atomic E-state index is 0.00184. The van der Waals surface area contributed by atoms with E-state index in [1.54, 1.807) is 6.07 Å². The molecule has 0 saturated carbocycles. The Hall–Kier alpha value is -2.99. The Bertz CT molecular complexity index is 918. The van der Waals surface area contributed by atoms with Crippen molar-refractivity contribution < 1.29 is 13.9 Å². The predicted octanol–water partition coefficient (Wildman–Crippen LogP) is 4.69. The van der Waals surface area contributed by atoms with Crippen LogP contribution in [0.3, 0.4) is 0 Å². The average Bonchev–Trinajstić information content (AvgIpc) is 2.61. The van der Waals surface area contributed by atoms with Gasteiger partial charge in [-0.15, -0.1) is 6.42 Å². The van der Waals surface area contributed by atoms with Gasteiger partial charge in [0.15, 0.2) is 5.75 Å². The summed E-state index contributed by atoms with van der Waals surface area (Å²) in [7, 11) is 0. The van der Waals surface area contributed by atoms with Crippen LogP contribution < -0.4 is 10.1 Å². The SMILES string of the molecule is C#CCOc1c(Cl)cc(/C=C(\C#N)C(=O)Nc2ccc(F)cc2)cc1Cl. The molecule has 0 aliphatic rings. The van der Waals surface area contributed by atoms with Crippen LogP contribution in [0.4, 0.5) is 10.1 Å². The van der Waals surface area contributed by atoms with E-state index < -0.39 is 11.7 Å². The van der Waals surface area contributed by atoms with Gasteiger partial charge in [0.05, 0.1) is 10.0 Å². The topological polar surface area (TPSA) is 62.1 Å². The van der Waals surface area contributed by atoms with Crippen molar-refractivity contribution in [2.45, 2.75) is 0 Å². The maximum Gasteiger partial charge on any atom is 0.266 e. The third-order valence-electron chi connectivity index (χ3n) is 3.10. The van der Waals surface area contributed by atoms with Crippen LogP contribution >= 0.6 is 23.2 Å². The van der Waals surface area contributed by atoms with Crippen LogP contribution in [-0.4, -0.2) is 12.5 Å². The molecule has 2 aromatic rings. The van der Waals surface area contributed by atoms with Crippen LogP contribution in [0.5, 0.6) is 5.75 Å². The van der Waals surface area contributed by atoms with E-state index in [4.69, 9.17) is 34.4 Å². The molecule has 0 atom stereocenters. The molecule has 0 saturated heterocycles. The summed E-state index contributed by atoms with van der Waals surface area (Å²) in [5.74, 6) is 1.43. The molecule has 130 valence electrons. The highest BCUT2D eigenvalue weighted by Gasteiger charge is 2.13. The highest BCUT2D eigenvalue weighted by molar-refractivity contribution is 6.37. The Kier molecular flexibility index (Phi) is 6.63. The number of hydrogen-bond donors (Lipinski definition) is 1. The van der Waals surface area contributed by atoms with Crippen LogP contribution in [0.15, 0.2) is 42.0 Å². The van der Waals surface area contributed by atoms with E-state index in [0.717, 1.165) is 0 Å². The first-order chi connectivity index (χ1) is 12.4. The largest absolute Gasteiger partial charge is 0.478 e. The van der Waals surface area contributed by atoms with E-state index in [9.17, 15) is 14.4 Å². The fourth-order valence-electron chi connectivity index (χ4n) is 1.96. The molecule has 0 radical (unpaired) electrons. The lowest BCUT2D eigenvalue weighted by atomic mass is 10.1. The summed E-state index contributed by atoms with van der Waals surface area (Å²) >= 11 is 12.2. The van der Waals surface area contributed by atoms with Crippen molar-refractivity contribution in [2.75, 3.05) is 11.9 Å². The lowest BCUT2D eigenvalue weighted by Gasteiger charge is -2.09. The first kappa shape index (κ1) is 19.3. The zero-order chi connectivity index (χ0) is 19.1. The van der Waals surface area contributed by atoms with Gasteiger partial charge >= 0.3 is 0 Å². The summed E-state index contributed by atoms with van der Waals surface area (Å²) < 4.78 is 18.1. The number of anilines is 1. The van der Waals surface area contributed by atoms with Gasteiger partial charge in [-0.1, -0.05) is 29.1 Å². The molecule has 0 aliphatic carbocycles. The van der Waals surface area contributed by atoms with E-state index in [1.165, 1.54) is 42.5 Å². The maximum absolute atomic E-state index is 12.9. The van der Waals surface area contributed by atoms with Crippen LogP contribution in [0.1, 0.15) is 5.56 Å². The average molecular weight is 389 g/mol. The second kappa shape index (κ2) is 8.92. The molecule has 2 rings (SSSR count). The summed E-state index contributed by atoms with van der Waals surface area (Å²) in [5.41, 5.74) is 0.601. The Balaban J connectivity index is 2.25. The molecule has 0 aliphatic heterocycles. The maximum atomic E-state index is 12.9. The second-order valence-electron chi connectivity index (χ2n) is 4.94. The number of carbonyl (C=O) groups is 1. The monoisotopic (exact) mass is 388 g/mol.